The molecule has 0 radical (unpaired) electrons. The van der Waals surface area contributed by atoms with Gasteiger partial charge < -0.3 is 10.1 Å². The molecular formula is C26H30N2O4S. The molecule has 0 fully saturated rings. The van der Waals surface area contributed by atoms with E-state index in [0.29, 0.717) is 24.4 Å². The lowest BCUT2D eigenvalue weighted by Gasteiger charge is -2.23. The van der Waals surface area contributed by atoms with Crippen LogP contribution in [0.1, 0.15) is 32.6 Å². The van der Waals surface area contributed by atoms with Gasteiger partial charge in [-0.3, -0.25) is 9.10 Å². The quantitative estimate of drug-likeness (QED) is 0.475. The molecule has 0 saturated carbocycles. The van der Waals surface area contributed by atoms with Crippen LogP contribution in [0.15, 0.2) is 66.7 Å². The molecule has 1 N–H and O–H groups in total. The van der Waals surface area contributed by atoms with Crippen LogP contribution in [0.3, 0.4) is 0 Å². The van der Waals surface area contributed by atoms with Gasteiger partial charge in [0.1, 0.15) is 12.4 Å². The van der Waals surface area contributed by atoms with Crippen LogP contribution in [0.4, 0.5) is 5.69 Å². The first-order chi connectivity index (χ1) is 15.6. The summed E-state index contributed by atoms with van der Waals surface area (Å²) in [6.45, 7) is 6.91. The average Bonchev–Trinajstić information content (AvgIpc) is 2.76. The van der Waals surface area contributed by atoms with E-state index in [0.717, 1.165) is 22.4 Å². The molecule has 1 amide bonds. The summed E-state index contributed by atoms with van der Waals surface area (Å²) in [6.07, 6.45) is 1.18. The van der Waals surface area contributed by atoms with E-state index >= 15 is 0 Å². The maximum Gasteiger partial charge on any atom is 0.251 e. The molecule has 33 heavy (non-hydrogen) atoms. The van der Waals surface area contributed by atoms with E-state index in [4.69, 9.17) is 4.74 Å². The Hall–Kier alpha value is -3.32. The second-order valence-electron chi connectivity index (χ2n) is 8.12. The van der Waals surface area contributed by atoms with Gasteiger partial charge >= 0.3 is 0 Å². The topological polar surface area (TPSA) is 75.7 Å². The maximum atomic E-state index is 12.5. The molecule has 0 spiro atoms. The molecule has 0 aliphatic heterocycles. The number of ether oxygens (including phenoxy) is 1. The summed E-state index contributed by atoms with van der Waals surface area (Å²) in [5.41, 5.74) is 5.13. The number of amides is 1. The summed E-state index contributed by atoms with van der Waals surface area (Å²) < 4.78 is 32.0. The number of carbonyl (C=O) groups is 1. The summed E-state index contributed by atoms with van der Waals surface area (Å²) in [4.78, 5) is 12.5. The monoisotopic (exact) mass is 466 g/mol. The van der Waals surface area contributed by atoms with Crippen molar-refractivity contribution in [3.8, 4) is 5.75 Å². The van der Waals surface area contributed by atoms with Crippen LogP contribution in [-0.4, -0.2) is 33.7 Å². The third-order valence-corrected chi connectivity index (χ3v) is 6.51. The zero-order valence-corrected chi connectivity index (χ0v) is 20.3. The van der Waals surface area contributed by atoms with E-state index in [9.17, 15) is 13.2 Å². The Morgan fingerprint density at radius 2 is 1.64 bits per heavy atom. The molecule has 7 heteroatoms. The Labute approximate surface area is 196 Å². The molecule has 0 unspecified atom stereocenters. The summed E-state index contributed by atoms with van der Waals surface area (Å²) >= 11 is 0. The van der Waals surface area contributed by atoms with E-state index in [2.05, 4.69) is 5.32 Å². The van der Waals surface area contributed by atoms with E-state index in [1.165, 1.54) is 16.1 Å². The average molecular weight is 467 g/mol. The van der Waals surface area contributed by atoms with Crippen LogP contribution in [0.5, 0.6) is 5.75 Å². The highest BCUT2D eigenvalue weighted by Crippen LogP contribution is 2.23. The van der Waals surface area contributed by atoms with E-state index in [1.54, 1.807) is 24.3 Å². The largest absolute Gasteiger partial charge is 0.491 e. The Balaban J connectivity index is 1.61. The molecule has 6 nitrogen and oxygen atoms in total. The van der Waals surface area contributed by atoms with Crippen molar-refractivity contribution in [2.45, 2.75) is 27.3 Å². The number of nitrogens with zero attached hydrogens (tertiary/aromatic N) is 1. The van der Waals surface area contributed by atoms with Crippen molar-refractivity contribution in [2.75, 3.05) is 23.7 Å². The van der Waals surface area contributed by atoms with E-state index in [-0.39, 0.29) is 12.5 Å². The zero-order valence-electron chi connectivity index (χ0n) is 19.5. The molecule has 0 aliphatic rings. The van der Waals surface area contributed by atoms with Crippen LogP contribution < -0.4 is 14.4 Å². The minimum atomic E-state index is -3.50. The maximum absolute atomic E-state index is 12.5. The van der Waals surface area contributed by atoms with Gasteiger partial charge in [0.2, 0.25) is 10.0 Å². The van der Waals surface area contributed by atoms with Crippen molar-refractivity contribution in [1.29, 1.82) is 0 Å². The number of aryl methyl sites for hydroxylation is 3. The van der Waals surface area contributed by atoms with Gasteiger partial charge in [0.05, 0.1) is 25.0 Å². The molecule has 3 aromatic carbocycles. The fourth-order valence-electron chi connectivity index (χ4n) is 3.51. The number of nitrogens with one attached hydrogen (secondary N) is 1. The highest BCUT2D eigenvalue weighted by atomic mass is 32.2. The first-order valence-corrected chi connectivity index (χ1v) is 12.6. The summed E-state index contributed by atoms with van der Waals surface area (Å²) in [6, 6.07) is 20.2. The van der Waals surface area contributed by atoms with Crippen molar-refractivity contribution < 1.29 is 17.9 Å². The fraction of sp³-hybridized carbons (Fsp3) is 0.269. The Morgan fingerprint density at radius 3 is 2.27 bits per heavy atom. The fourth-order valence-corrected chi connectivity index (χ4v) is 4.39. The van der Waals surface area contributed by atoms with Crippen molar-refractivity contribution >= 4 is 21.6 Å². The molecule has 174 valence electrons. The smallest absolute Gasteiger partial charge is 0.251 e. The van der Waals surface area contributed by atoms with Gasteiger partial charge in [-0.25, -0.2) is 8.42 Å². The highest BCUT2D eigenvalue weighted by molar-refractivity contribution is 7.92. The second-order valence-corrected chi connectivity index (χ2v) is 10.0. The number of hydrogen-bond acceptors (Lipinski definition) is 4. The van der Waals surface area contributed by atoms with Gasteiger partial charge in [-0.2, -0.15) is 0 Å². The number of rotatable bonds is 9. The molecule has 3 rings (SSSR count). The number of benzene rings is 3. The van der Waals surface area contributed by atoms with Crippen molar-refractivity contribution in [3.05, 3.63) is 94.5 Å². The third kappa shape index (κ3) is 6.58. The predicted octanol–water partition coefficient (Wildman–Crippen LogP) is 4.39. The van der Waals surface area contributed by atoms with Gasteiger partial charge in [-0.05, 0) is 67.8 Å². The molecule has 3 aromatic rings. The lowest BCUT2D eigenvalue weighted by Crippen LogP contribution is -2.30. The zero-order chi connectivity index (χ0) is 24.0. The molecule has 0 aliphatic carbocycles. The van der Waals surface area contributed by atoms with Gasteiger partial charge in [0.25, 0.3) is 5.91 Å². The van der Waals surface area contributed by atoms with Gasteiger partial charge in [-0.15, -0.1) is 0 Å². The number of anilines is 1. The Bertz CT molecular complexity index is 1220. The Morgan fingerprint density at radius 1 is 0.939 bits per heavy atom. The highest BCUT2D eigenvalue weighted by Gasteiger charge is 2.19. The van der Waals surface area contributed by atoms with Crippen LogP contribution in [0.2, 0.25) is 0 Å². The molecule has 0 heterocycles. The lowest BCUT2D eigenvalue weighted by molar-refractivity contribution is 0.0947. The second kappa shape index (κ2) is 10.5. The molecule has 0 saturated heterocycles. The van der Waals surface area contributed by atoms with Crippen molar-refractivity contribution in [2.24, 2.45) is 0 Å². The summed E-state index contributed by atoms with van der Waals surface area (Å²) in [7, 11) is -3.50. The third-order valence-electron chi connectivity index (χ3n) is 5.37. The first-order valence-electron chi connectivity index (χ1n) is 10.8. The van der Waals surface area contributed by atoms with Crippen LogP contribution in [0.25, 0.3) is 0 Å². The van der Waals surface area contributed by atoms with Crippen molar-refractivity contribution in [1.82, 2.24) is 5.32 Å². The Kier molecular flexibility index (Phi) is 7.76. The normalized spacial score (nSPS) is 11.2. The van der Waals surface area contributed by atoms with Gasteiger partial charge in [0.15, 0.2) is 0 Å². The van der Waals surface area contributed by atoms with Crippen molar-refractivity contribution in [3.63, 3.8) is 0 Å². The number of sulfonamides is 1. The van der Waals surface area contributed by atoms with Crippen LogP contribution in [0, 0.1) is 20.8 Å². The van der Waals surface area contributed by atoms with E-state index in [1.807, 2.05) is 63.2 Å². The minimum Gasteiger partial charge on any atom is -0.491 e. The lowest BCUT2D eigenvalue weighted by atomic mass is 10.1. The van der Waals surface area contributed by atoms with Gasteiger partial charge in [-0.1, -0.05) is 42.0 Å². The summed E-state index contributed by atoms with van der Waals surface area (Å²) in [5, 5.41) is 2.83. The van der Waals surface area contributed by atoms with Crippen LogP contribution in [-0.2, 0) is 16.6 Å². The first kappa shape index (κ1) is 24.3. The molecule has 0 bridgehead atoms. The number of carbonyl (C=O) groups excluding carboxylic acids is 1. The SMILES string of the molecule is Cc1ccc(OCCNC(=O)c2ccc(N(Cc3ccccc3C)S(C)(=O)=O)cc2)c(C)c1. The summed E-state index contributed by atoms with van der Waals surface area (Å²) in [5.74, 6) is 0.560. The van der Waals surface area contributed by atoms with E-state index < -0.39 is 10.0 Å². The van der Waals surface area contributed by atoms with Gasteiger partial charge in [0, 0.05) is 5.56 Å². The number of hydrogen-bond donors (Lipinski definition) is 1. The molecular weight excluding hydrogens is 436 g/mol. The predicted molar refractivity (Wildman–Crippen MR) is 132 cm³/mol. The standard InChI is InChI=1S/C26H30N2O4S/c1-19-9-14-25(21(3)17-19)32-16-15-27-26(29)22-10-12-24(13-11-22)28(33(4,30)31)18-23-8-6-5-7-20(23)2/h5-14,17H,15-16,18H2,1-4H3,(H,27,29). The molecule has 0 aromatic heterocycles. The molecule has 0 atom stereocenters. The minimum absolute atomic E-state index is 0.229. The van der Waals surface area contributed by atoms with Crippen LogP contribution >= 0.6 is 0 Å².